The van der Waals surface area contributed by atoms with Gasteiger partial charge in [0.25, 0.3) is 10.0 Å². The number of halogens is 6. The fourth-order valence-electron chi connectivity index (χ4n) is 9.30. The minimum absolute atomic E-state index is 0.0186. The second-order valence-corrected chi connectivity index (χ2v) is 23.3. The monoisotopic (exact) mass is 846 g/mol. The van der Waals surface area contributed by atoms with Crippen molar-refractivity contribution in [1.29, 1.82) is 0 Å². The fourth-order valence-corrected chi connectivity index (χ4v) is 15.6. The third-order valence-corrected chi connectivity index (χ3v) is 19.0. The number of nitrogens with zero attached hydrogens (tertiary/aromatic N) is 2. The molecular formula is C36H48F6N2O8S3. The number of sulfonamides is 1. The van der Waals surface area contributed by atoms with Crippen LogP contribution in [0.5, 0.6) is 5.75 Å². The van der Waals surface area contributed by atoms with E-state index >= 15 is 4.79 Å². The molecule has 2 aliphatic heterocycles. The van der Waals surface area contributed by atoms with Crippen molar-refractivity contribution in [2.75, 3.05) is 51.1 Å². The Labute approximate surface area is 319 Å². The number of hydrogen-bond donors (Lipinski definition) is 1. The molecule has 4 unspecified atom stereocenters. The molecule has 2 aromatic rings. The van der Waals surface area contributed by atoms with Crippen molar-refractivity contribution in [2.45, 2.75) is 74.6 Å². The van der Waals surface area contributed by atoms with Gasteiger partial charge in [-0.3, -0.25) is 14.1 Å². The van der Waals surface area contributed by atoms with E-state index in [4.69, 9.17) is 9.29 Å². The van der Waals surface area contributed by atoms with Gasteiger partial charge in [0, 0.05) is 44.1 Å². The van der Waals surface area contributed by atoms with Gasteiger partial charge in [0.2, 0.25) is 5.91 Å². The van der Waals surface area contributed by atoms with Gasteiger partial charge in [0.05, 0.1) is 12.4 Å². The number of ketones is 1. The first-order valence-corrected chi connectivity index (χ1v) is 23.3. The molecule has 0 spiro atoms. The van der Waals surface area contributed by atoms with Crippen molar-refractivity contribution >= 4 is 52.6 Å². The predicted molar refractivity (Wildman–Crippen MR) is 198 cm³/mol. The second-order valence-electron chi connectivity index (χ2n) is 15.9. The van der Waals surface area contributed by atoms with Crippen LogP contribution >= 0.6 is 10.0 Å². The lowest BCUT2D eigenvalue weighted by Crippen LogP contribution is -2.64. The summed E-state index contributed by atoms with van der Waals surface area (Å²) < 4.78 is 149. The largest absolute Gasteiger partial charge is 0.496 e. The zero-order valence-electron chi connectivity index (χ0n) is 31.2. The summed E-state index contributed by atoms with van der Waals surface area (Å²) in [6, 6.07) is 10.9. The van der Waals surface area contributed by atoms with Crippen LogP contribution in [0.3, 0.4) is 0 Å². The molecule has 10 nitrogen and oxygen atoms in total. The van der Waals surface area contributed by atoms with E-state index in [0.29, 0.717) is 61.6 Å². The highest BCUT2D eigenvalue weighted by Gasteiger charge is 2.82. The first-order valence-electron chi connectivity index (χ1n) is 17.9. The van der Waals surface area contributed by atoms with Crippen LogP contribution in [0.25, 0.3) is 10.8 Å². The summed E-state index contributed by atoms with van der Waals surface area (Å²) in [5.41, 5.74) is -0.165. The fraction of sp³-hybridized carbons (Fsp3) is 0.667. The van der Waals surface area contributed by atoms with Gasteiger partial charge in [-0.15, -0.1) is 0 Å². The number of amides is 1. The number of fused-ring (bicyclic) bond motifs is 2. The lowest BCUT2D eigenvalue weighted by Gasteiger charge is -2.55. The van der Waals surface area contributed by atoms with Crippen LogP contribution in [0.1, 0.15) is 63.2 Å². The van der Waals surface area contributed by atoms with Crippen LogP contribution in [0, 0.1) is 23.2 Å². The maximum atomic E-state index is 15.1. The van der Waals surface area contributed by atoms with E-state index in [1.54, 1.807) is 24.1 Å². The van der Waals surface area contributed by atoms with Crippen molar-refractivity contribution in [2.24, 2.45) is 23.2 Å². The molecule has 2 saturated heterocycles. The quantitative estimate of drug-likeness (QED) is 0.139. The Hall–Kier alpha value is -2.61. The highest BCUT2D eigenvalue weighted by molar-refractivity contribution is 8.34. The van der Waals surface area contributed by atoms with E-state index in [2.05, 4.69) is 6.26 Å². The summed E-state index contributed by atoms with van der Waals surface area (Å²) in [7, 11) is -13.9. The number of benzene rings is 2. The zero-order chi connectivity index (χ0) is 41.2. The molecule has 3 aliphatic rings. The summed E-state index contributed by atoms with van der Waals surface area (Å²) in [6.45, 7) is 5.11. The van der Waals surface area contributed by atoms with Crippen molar-refractivity contribution in [3.63, 3.8) is 0 Å². The van der Waals surface area contributed by atoms with Crippen LogP contribution in [-0.2, 0) is 24.9 Å². The molecule has 55 heavy (non-hydrogen) atoms. The molecule has 5 rings (SSSR count). The Balaban J connectivity index is 1.45. The summed E-state index contributed by atoms with van der Waals surface area (Å²) in [6.07, 6.45) is 4.04. The minimum Gasteiger partial charge on any atom is -0.496 e. The highest BCUT2D eigenvalue weighted by atomic mass is 32.3. The van der Waals surface area contributed by atoms with E-state index < -0.39 is 76.3 Å². The van der Waals surface area contributed by atoms with E-state index in [-0.39, 0.29) is 34.3 Å². The lowest BCUT2D eigenvalue weighted by molar-refractivity contribution is -0.247. The third-order valence-electron chi connectivity index (χ3n) is 12.0. The van der Waals surface area contributed by atoms with Crippen LogP contribution in [0.4, 0.5) is 26.3 Å². The molecule has 1 saturated carbocycles. The number of Topliss-reactive ketones (excluding diaryl/α,β-unsaturated/α-hetero) is 1. The summed E-state index contributed by atoms with van der Waals surface area (Å²) in [5.74, 6) is -6.31. The molecule has 2 heterocycles. The topological polar surface area (TPSA) is 138 Å². The van der Waals surface area contributed by atoms with Crippen molar-refractivity contribution in [3.05, 3.63) is 42.0 Å². The smallest absolute Gasteiger partial charge is 0.439 e. The highest BCUT2D eigenvalue weighted by Crippen LogP contribution is 2.60. The molecular weight excluding hydrogens is 799 g/mol. The van der Waals surface area contributed by atoms with Gasteiger partial charge >= 0.3 is 26.5 Å². The normalized spacial score (nSPS) is 24.5. The first kappa shape index (κ1) is 43.5. The number of methoxy groups -OCH3 is 1. The molecule has 0 radical (unpaired) electrons. The van der Waals surface area contributed by atoms with E-state index in [1.165, 1.54) is 6.92 Å². The molecule has 3 fully saturated rings. The molecule has 310 valence electrons. The number of ether oxygens (including phenoxy) is 1. The average Bonchev–Trinajstić information content (AvgIpc) is 3.10. The molecule has 1 amide bonds. The number of piperidine rings is 1. The summed E-state index contributed by atoms with van der Waals surface area (Å²) >= 11 is 0. The Bertz CT molecular complexity index is 2020. The van der Waals surface area contributed by atoms with Gasteiger partial charge in [-0.05, 0) is 77.7 Å². The van der Waals surface area contributed by atoms with Crippen molar-refractivity contribution < 1.29 is 62.1 Å². The second kappa shape index (κ2) is 15.0. The van der Waals surface area contributed by atoms with Crippen LogP contribution in [0.15, 0.2) is 36.4 Å². The van der Waals surface area contributed by atoms with E-state index in [9.17, 15) is 48.0 Å². The number of hydrogen-bond acceptors (Lipinski definition) is 7. The number of carbonyl (C=O) groups is 2. The van der Waals surface area contributed by atoms with E-state index in [0.717, 1.165) is 10.8 Å². The Kier molecular flexibility index (Phi) is 11.8. The number of alkyl halides is 6. The molecule has 4 atom stereocenters. The Morgan fingerprint density at radius 1 is 0.909 bits per heavy atom. The van der Waals surface area contributed by atoms with Crippen LogP contribution in [-0.4, -0.2) is 115 Å². The molecule has 0 aromatic heterocycles. The van der Waals surface area contributed by atoms with Crippen molar-refractivity contribution in [1.82, 2.24) is 9.21 Å². The van der Waals surface area contributed by atoms with Gasteiger partial charge in [-0.25, -0.2) is 18.4 Å². The molecule has 0 bridgehead atoms. The zero-order valence-corrected chi connectivity index (χ0v) is 33.7. The third kappa shape index (κ3) is 7.49. The van der Waals surface area contributed by atoms with Crippen LogP contribution in [0.2, 0.25) is 0 Å². The number of rotatable bonds is 12. The number of carbonyl (C=O) groups excluding carboxylic acids is 2. The minimum atomic E-state index is -7.13. The lowest BCUT2D eigenvalue weighted by atomic mass is 9.63. The summed E-state index contributed by atoms with van der Waals surface area (Å²) in [5, 5.41) is -12.4. The Morgan fingerprint density at radius 3 is 2.07 bits per heavy atom. The van der Waals surface area contributed by atoms with Gasteiger partial charge in [-0.1, -0.05) is 51.0 Å². The van der Waals surface area contributed by atoms with Crippen molar-refractivity contribution in [3.8, 4) is 5.75 Å². The predicted octanol–water partition coefficient (Wildman–Crippen LogP) is 6.89. The first-order chi connectivity index (χ1) is 25.2. The van der Waals surface area contributed by atoms with Gasteiger partial charge < -0.3 is 9.64 Å². The maximum absolute atomic E-state index is 15.1. The standard InChI is InChI=1S/C36H48F6N2O8S3/c1-23(45)43-17-19-53(5,20-18-43)32(31(46)29-13-14-30(52-4)28-12-7-6-11-27(28)29)33(2,3)21-24-9-8-10-25-22-44(16-15-26(24)25)54(47,48)35(39,40)34(37,38)36(41,42)55(49,50)51/h6-7,11-14,24-26,32H,8-10,15-22H2,1-5H3,(H,49,50,51). The SMILES string of the molecule is COc1ccc(C(=O)C(C(C)(C)CC2CCCC3CN(S(=O)(=O)C(F)(F)C(F)(F)C(F)(F)S(=O)(=O)O)CCC32)S2(C)CCN(C(C)=O)CC2)c2ccccc12. The average molecular weight is 847 g/mol. The van der Waals surface area contributed by atoms with Gasteiger partial charge in [-0.2, -0.15) is 39.1 Å². The molecule has 1 aliphatic carbocycles. The Morgan fingerprint density at radius 2 is 1.51 bits per heavy atom. The molecule has 19 heteroatoms. The molecule has 2 aromatic carbocycles. The summed E-state index contributed by atoms with van der Waals surface area (Å²) in [4.78, 5) is 29.1. The van der Waals surface area contributed by atoms with Gasteiger partial charge in [0.1, 0.15) is 5.75 Å². The molecule has 1 N–H and O–H groups in total. The van der Waals surface area contributed by atoms with E-state index in [1.807, 2.05) is 38.1 Å². The maximum Gasteiger partial charge on any atom is 0.439 e. The van der Waals surface area contributed by atoms with Gasteiger partial charge in [0.15, 0.2) is 5.78 Å². The van der Waals surface area contributed by atoms with Crippen LogP contribution < -0.4 is 4.74 Å².